The van der Waals surface area contributed by atoms with Gasteiger partial charge in [0.25, 0.3) is 0 Å². The molecule has 1 amide bonds. The highest BCUT2D eigenvalue weighted by Gasteiger charge is 2.25. The smallest absolute Gasteiger partial charge is 0.233 e. The number of hydrogen-bond acceptors (Lipinski definition) is 5. The summed E-state index contributed by atoms with van der Waals surface area (Å²) in [4.78, 5) is 20.6. The molecule has 0 radical (unpaired) electrons. The SMILES string of the molecule is COc1cccc(SCC(=O)N(Cc2ccccn2)C2CCCNCC2)c1. The van der Waals surface area contributed by atoms with Gasteiger partial charge in [0.15, 0.2) is 0 Å². The molecular weight excluding hydrogens is 358 g/mol. The van der Waals surface area contributed by atoms with Crippen molar-refractivity contribution < 1.29 is 9.53 Å². The van der Waals surface area contributed by atoms with E-state index in [9.17, 15) is 4.79 Å². The molecule has 1 unspecified atom stereocenters. The summed E-state index contributed by atoms with van der Waals surface area (Å²) in [6, 6.07) is 14.0. The molecule has 0 spiro atoms. The Hall–Kier alpha value is -2.05. The molecule has 0 aliphatic carbocycles. The fraction of sp³-hybridized carbons (Fsp3) is 0.429. The van der Waals surface area contributed by atoms with Crippen molar-refractivity contribution in [3.05, 3.63) is 54.4 Å². The van der Waals surface area contributed by atoms with Crippen LogP contribution in [-0.4, -0.2) is 47.8 Å². The van der Waals surface area contributed by atoms with E-state index in [0.29, 0.717) is 12.3 Å². The van der Waals surface area contributed by atoms with Crippen molar-refractivity contribution in [3.63, 3.8) is 0 Å². The van der Waals surface area contributed by atoms with Gasteiger partial charge in [-0.2, -0.15) is 0 Å². The lowest BCUT2D eigenvalue weighted by Gasteiger charge is -2.31. The molecule has 1 aromatic carbocycles. The molecule has 1 aliphatic heterocycles. The topological polar surface area (TPSA) is 54.5 Å². The van der Waals surface area contributed by atoms with Gasteiger partial charge < -0.3 is 15.0 Å². The Morgan fingerprint density at radius 3 is 3.00 bits per heavy atom. The molecule has 1 fully saturated rings. The number of pyridine rings is 1. The van der Waals surface area contributed by atoms with Crippen molar-refractivity contribution in [2.24, 2.45) is 0 Å². The maximum atomic E-state index is 13.1. The van der Waals surface area contributed by atoms with Crippen molar-refractivity contribution in [2.75, 3.05) is 26.0 Å². The van der Waals surface area contributed by atoms with E-state index >= 15 is 0 Å². The van der Waals surface area contributed by atoms with Crippen LogP contribution in [0.4, 0.5) is 0 Å². The van der Waals surface area contributed by atoms with Gasteiger partial charge in [-0.15, -0.1) is 11.8 Å². The third-order valence-electron chi connectivity index (χ3n) is 4.77. The second kappa shape index (κ2) is 10.3. The van der Waals surface area contributed by atoms with Gasteiger partial charge in [-0.25, -0.2) is 0 Å². The molecule has 1 aliphatic rings. The van der Waals surface area contributed by atoms with Crippen molar-refractivity contribution in [2.45, 2.75) is 36.7 Å². The first-order chi connectivity index (χ1) is 13.3. The zero-order valence-corrected chi connectivity index (χ0v) is 16.6. The molecule has 2 aromatic rings. The predicted octanol–water partition coefficient (Wildman–Crippen LogP) is 3.35. The van der Waals surface area contributed by atoms with E-state index < -0.39 is 0 Å². The lowest BCUT2D eigenvalue weighted by molar-refractivity contribution is -0.131. The van der Waals surface area contributed by atoms with Crippen LogP contribution in [0.3, 0.4) is 0 Å². The van der Waals surface area contributed by atoms with Crippen LogP contribution in [0.5, 0.6) is 5.75 Å². The number of carbonyl (C=O) groups excluding carboxylic acids is 1. The molecule has 144 valence electrons. The summed E-state index contributed by atoms with van der Waals surface area (Å²) in [7, 11) is 1.66. The van der Waals surface area contributed by atoms with Crippen LogP contribution in [0, 0.1) is 0 Å². The molecule has 0 bridgehead atoms. The fourth-order valence-electron chi connectivity index (χ4n) is 3.32. The molecule has 6 heteroatoms. The Morgan fingerprint density at radius 2 is 2.19 bits per heavy atom. The number of hydrogen-bond donors (Lipinski definition) is 1. The van der Waals surface area contributed by atoms with Crippen molar-refractivity contribution in [1.82, 2.24) is 15.2 Å². The number of methoxy groups -OCH3 is 1. The van der Waals surface area contributed by atoms with E-state index in [0.717, 1.165) is 48.7 Å². The molecular formula is C21H27N3O2S. The normalized spacial score (nSPS) is 17.1. The second-order valence-electron chi connectivity index (χ2n) is 6.65. The second-order valence-corrected chi connectivity index (χ2v) is 7.69. The molecule has 0 saturated carbocycles. The van der Waals surface area contributed by atoms with Crippen molar-refractivity contribution in [1.29, 1.82) is 0 Å². The third kappa shape index (κ3) is 5.97. The van der Waals surface area contributed by atoms with Crippen LogP contribution in [0.2, 0.25) is 0 Å². The van der Waals surface area contributed by atoms with Gasteiger partial charge in [0, 0.05) is 17.1 Å². The van der Waals surface area contributed by atoms with Crippen LogP contribution < -0.4 is 10.1 Å². The standard InChI is InChI=1S/C21H27N3O2S/c1-26-19-8-4-9-20(14-19)27-16-21(25)24(15-17-6-2-3-12-23-17)18-7-5-11-22-13-10-18/h2-4,6,8-9,12,14,18,22H,5,7,10-11,13,15-16H2,1H3. The first-order valence-electron chi connectivity index (χ1n) is 9.43. The average Bonchev–Trinajstić information content (AvgIpc) is 3.00. The number of rotatable bonds is 7. The van der Waals surface area contributed by atoms with E-state index in [1.54, 1.807) is 25.1 Å². The largest absolute Gasteiger partial charge is 0.497 e. The van der Waals surface area contributed by atoms with E-state index in [-0.39, 0.29) is 11.9 Å². The highest BCUT2D eigenvalue weighted by Crippen LogP contribution is 2.24. The van der Waals surface area contributed by atoms with Crippen LogP contribution in [0.1, 0.15) is 25.0 Å². The van der Waals surface area contributed by atoms with Crippen LogP contribution in [-0.2, 0) is 11.3 Å². The number of nitrogens with zero attached hydrogens (tertiary/aromatic N) is 2. The fourth-order valence-corrected chi connectivity index (χ4v) is 4.15. The quantitative estimate of drug-likeness (QED) is 0.741. The highest BCUT2D eigenvalue weighted by molar-refractivity contribution is 8.00. The summed E-state index contributed by atoms with van der Waals surface area (Å²) in [5.41, 5.74) is 0.939. The summed E-state index contributed by atoms with van der Waals surface area (Å²) in [6.07, 6.45) is 4.91. The Balaban J connectivity index is 1.69. The number of nitrogens with one attached hydrogen (secondary N) is 1. The summed E-state index contributed by atoms with van der Waals surface area (Å²) >= 11 is 1.56. The van der Waals surface area contributed by atoms with Gasteiger partial charge in [-0.05, 0) is 62.7 Å². The monoisotopic (exact) mass is 385 g/mol. The Bertz CT molecular complexity index is 718. The lowest BCUT2D eigenvalue weighted by Crippen LogP contribution is -2.41. The number of aromatic nitrogens is 1. The van der Waals surface area contributed by atoms with Gasteiger partial charge in [-0.3, -0.25) is 9.78 Å². The van der Waals surface area contributed by atoms with E-state index in [2.05, 4.69) is 10.3 Å². The van der Waals surface area contributed by atoms with Gasteiger partial charge in [0.1, 0.15) is 5.75 Å². The minimum Gasteiger partial charge on any atom is -0.497 e. The minimum atomic E-state index is 0.167. The van der Waals surface area contributed by atoms with Crippen LogP contribution in [0.25, 0.3) is 0 Å². The predicted molar refractivity (Wildman–Crippen MR) is 109 cm³/mol. The first kappa shape index (κ1) is 19.7. The maximum Gasteiger partial charge on any atom is 0.233 e. The van der Waals surface area contributed by atoms with Crippen LogP contribution >= 0.6 is 11.8 Å². The zero-order chi connectivity index (χ0) is 18.9. The summed E-state index contributed by atoms with van der Waals surface area (Å²) in [6.45, 7) is 2.56. The Morgan fingerprint density at radius 1 is 1.26 bits per heavy atom. The highest BCUT2D eigenvalue weighted by atomic mass is 32.2. The van der Waals surface area contributed by atoms with Crippen LogP contribution in [0.15, 0.2) is 53.6 Å². The zero-order valence-electron chi connectivity index (χ0n) is 15.8. The number of carbonyl (C=O) groups is 1. The number of amides is 1. The average molecular weight is 386 g/mol. The Kier molecular flexibility index (Phi) is 7.54. The number of thioether (sulfide) groups is 1. The van der Waals surface area contributed by atoms with E-state index in [4.69, 9.17) is 4.74 Å². The minimum absolute atomic E-state index is 0.167. The third-order valence-corrected chi connectivity index (χ3v) is 5.75. The summed E-state index contributed by atoms with van der Waals surface area (Å²) in [5.74, 6) is 1.40. The number of benzene rings is 1. The molecule has 1 N–H and O–H groups in total. The molecule has 1 saturated heterocycles. The van der Waals surface area contributed by atoms with Crippen molar-refractivity contribution in [3.8, 4) is 5.75 Å². The molecule has 5 nitrogen and oxygen atoms in total. The first-order valence-corrected chi connectivity index (χ1v) is 10.4. The number of ether oxygens (including phenoxy) is 1. The van der Waals surface area contributed by atoms with E-state index in [1.165, 1.54) is 0 Å². The summed E-state index contributed by atoms with van der Waals surface area (Å²) in [5, 5.41) is 3.43. The van der Waals surface area contributed by atoms with Gasteiger partial charge in [0.05, 0.1) is 25.1 Å². The molecule has 1 atom stereocenters. The Labute approximate surface area is 165 Å². The van der Waals surface area contributed by atoms with Gasteiger partial charge in [-0.1, -0.05) is 12.1 Å². The molecule has 2 heterocycles. The van der Waals surface area contributed by atoms with Gasteiger partial charge >= 0.3 is 0 Å². The summed E-state index contributed by atoms with van der Waals surface area (Å²) < 4.78 is 5.27. The lowest BCUT2D eigenvalue weighted by atomic mass is 10.1. The van der Waals surface area contributed by atoms with E-state index in [1.807, 2.05) is 47.4 Å². The maximum absolute atomic E-state index is 13.1. The van der Waals surface area contributed by atoms with Gasteiger partial charge in [0.2, 0.25) is 5.91 Å². The molecule has 3 rings (SSSR count). The van der Waals surface area contributed by atoms with Crippen molar-refractivity contribution >= 4 is 17.7 Å². The molecule has 1 aromatic heterocycles. The molecule has 27 heavy (non-hydrogen) atoms.